The van der Waals surface area contributed by atoms with E-state index in [0.717, 1.165) is 22.4 Å². The highest BCUT2D eigenvalue weighted by Crippen LogP contribution is 2.46. The number of allylic oxidation sites excluding steroid dienone is 1. The van der Waals surface area contributed by atoms with Crippen LogP contribution in [0, 0.1) is 11.3 Å². The summed E-state index contributed by atoms with van der Waals surface area (Å²) in [7, 11) is 0. The highest BCUT2D eigenvalue weighted by molar-refractivity contribution is 6.33. The molecular weight excluding hydrogens is 336 g/mol. The number of benzene rings is 2. The minimum absolute atomic E-state index is 0.0704. The number of hydrogen-bond acceptors (Lipinski definition) is 4. The lowest BCUT2D eigenvalue weighted by atomic mass is 9.83. The van der Waals surface area contributed by atoms with Crippen LogP contribution in [-0.2, 0) is 0 Å². The SMILES string of the molecule is N#CC1=C(N)Oc2n[nH]c(-c3ccccc3Cl)c2[C@H]1c1ccccc1. The maximum Gasteiger partial charge on any atom is 0.244 e. The summed E-state index contributed by atoms with van der Waals surface area (Å²) in [4.78, 5) is 0. The van der Waals surface area contributed by atoms with Crippen LogP contribution in [0.25, 0.3) is 11.3 Å². The molecule has 2 heterocycles. The number of fused-ring (bicyclic) bond motifs is 1. The van der Waals surface area contributed by atoms with Gasteiger partial charge in [-0.3, -0.25) is 5.10 Å². The predicted octanol–water partition coefficient (Wildman–Crippen LogP) is 3.95. The molecule has 0 amide bonds. The van der Waals surface area contributed by atoms with Crippen LogP contribution in [0.5, 0.6) is 5.88 Å². The number of hydrogen-bond donors (Lipinski definition) is 2. The van der Waals surface area contributed by atoms with Gasteiger partial charge in [0.05, 0.1) is 17.2 Å². The normalized spacial score (nSPS) is 16.1. The number of nitrogens with zero attached hydrogens (tertiary/aromatic N) is 2. The van der Waals surface area contributed by atoms with Crippen LogP contribution >= 0.6 is 11.6 Å². The quantitative estimate of drug-likeness (QED) is 0.734. The van der Waals surface area contributed by atoms with E-state index in [-0.39, 0.29) is 11.8 Å². The van der Waals surface area contributed by atoms with Crippen molar-refractivity contribution in [1.29, 1.82) is 5.26 Å². The third-order valence-electron chi connectivity index (χ3n) is 4.21. The van der Waals surface area contributed by atoms with Crippen LogP contribution < -0.4 is 10.5 Å². The fraction of sp³-hybridized carbons (Fsp3) is 0.0526. The van der Waals surface area contributed by atoms with E-state index in [4.69, 9.17) is 22.1 Å². The number of nitriles is 1. The molecule has 0 fully saturated rings. The van der Waals surface area contributed by atoms with E-state index in [1.165, 1.54) is 0 Å². The van der Waals surface area contributed by atoms with Crippen molar-refractivity contribution in [2.45, 2.75) is 5.92 Å². The number of nitrogens with one attached hydrogen (secondary N) is 1. The topological polar surface area (TPSA) is 87.7 Å². The van der Waals surface area contributed by atoms with Crippen molar-refractivity contribution in [2.75, 3.05) is 0 Å². The molecule has 0 saturated heterocycles. The second-order valence-corrected chi connectivity index (χ2v) is 6.04. The zero-order chi connectivity index (χ0) is 17.4. The fourth-order valence-electron chi connectivity index (χ4n) is 3.09. The zero-order valence-corrected chi connectivity index (χ0v) is 13.8. The molecule has 122 valence electrons. The highest BCUT2D eigenvalue weighted by Gasteiger charge is 2.35. The summed E-state index contributed by atoms with van der Waals surface area (Å²) in [6.45, 7) is 0. The van der Waals surface area contributed by atoms with Crippen LogP contribution in [0.1, 0.15) is 17.0 Å². The monoisotopic (exact) mass is 348 g/mol. The average Bonchev–Trinajstić information content (AvgIpc) is 3.04. The maximum absolute atomic E-state index is 9.65. The van der Waals surface area contributed by atoms with E-state index in [2.05, 4.69) is 16.3 Å². The third-order valence-corrected chi connectivity index (χ3v) is 4.54. The first-order valence-corrected chi connectivity index (χ1v) is 8.04. The van der Waals surface area contributed by atoms with Crippen molar-refractivity contribution in [3.63, 3.8) is 0 Å². The molecule has 0 aliphatic carbocycles. The summed E-state index contributed by atoms with van der Waals surface area (Å²) in [6.07, 6.45) is 0. The molecule has 0 bridgehead atoms. The predicted molar refractivity (Wildman–Crippen MR) is 94.8 cm³/mol. The smallest absolute Gasteiger partial charge is 0.244 e. The number of H-pyrrole nitrogens is 1. The third kappa shape index (κ3) is 2.44. The highest BCUT2D eigenvalue weighted by atomic mass is 35.5. The van der Waals surface area contributed by atoms with Gasteiger partial charge < -0.3 is 10.5 Å². The number of nitrogens with two attached hydrogens (primary N) is 1. The Balaban J connectivity index is 1.98. The van der Waals surface area contributed by atoms with Crippen molar-refractivity contribution in [2.24, 2.45) is 5.73 Å². The lowest BCUT2D eigenvalue weighted by Crippen LogP contribution is -2.20. The standard InChI is InChI=1S/C19H13ClN4O/c20-14-9-5-4-8-12(14)17-16-15(11-6-2-1-3-7-11)13(10-21)18(22)25-19(16)24-23-17/h1-9,15H,22H2,(H,23,24)/t15-/m0/s1. The summed E-state index contributed by atoms with van der Waals surface area (Å²) in [5.74, 6) is 0.0568. The summed E-state index contributed by atoms with van der Waals surface area (Å²) in [6, 6.07) is 19.3. The summed E-state index contributed by atoms with van der Waals surface area (Å²) in [5.41, 5.74) is 9.52. The van der Waals surface area contributed by atoms with Gasteiger partial charge in [0.15, 0.2) is 0 Å². The maximum atomic E-state index is 9.65. The Labute approximate surface area is 149 Å². The Hall–Kier alpha value is -3.23. The Morgan fingerprint density at radius 1 is 1.12 bits per heavy atom. The minimum atomic E-state index is -0.375. The molecular formula is C19H13ClN4O. The van der Waals surface area contributed by atoms with E-state index < -0.39 is 0 Å². The molecule has 4 rings (SSSR count). The van der Waals surface area contributed by atoms with Crippen molar-refractivity contribution >= 4 is 11.6 Å². The van der Waals surface area contributed by atoms with Gasteiger partial charge in [0, 0.05) is 10.6 Å². The largest absolute Gasteiger partial charge is 0.420 e. The molecule has 1 aliphatic rings. The van der Waals surface area contributed by atoms with Crippen molar-refractivity contribution in [1.82, 2.24) is 10.2 Å². The van der Waals surface area contributed by atoms with Crippen LogP contribution in [0.15, 0.2) is 66.1 Å². The average molecular weight is 349 g/mol. The number of ether oxygens (including phenoxy) is 1. The van der Waals surface area contributed by atoms with E-state index in [1.54, 1.807) is 6.07 Å². The zero-order valence-electron chi connectivity index (χ0n) is 13.0. The van der Waals surface area contributed by atoms with Gasteiger partial charge in [-0.15, -0.1) is 5.10 Å². The number of halogens is 1. The lowest BCUT2D eigenvalue weighted by molar-refractivity contribution is 0.379. The summed E-state index contributed by atoms with van der Waals surface area (Å²) in [5, 5.41) is 17.5. The Morgan fingerprint density at radius 3 is 2.56 bits per heavy atom. The molecule has 0 unspecified atom stereocenters. The molecule has 0 radical (unpaired) electrons. The second-order valence-electron chi connectivity index (χ2n) is 5.63. The van der Waals surface area contributed by atoms with E-state index in [9.17, 15) is 5.26 Å². The van der Waals surface area contributed by atoms with Gasteiger partial charge in [-0.1, -0.05) is 60.1 Å². The summed E-state index contributed by atoms with van der Waals surface area (Å²) < 4.78 is 5.58. The first-order valence-electron chi connectivity index (χ1n) is 7.66. The molecule has 1 aromatic heterocycles. The van der Waals surface area contributed by atoms with Gasteiger partial charge >= 0.3 is 0 Å². The van der Waals surface area contributed by atoms with E-state index in [0.29, 0.717) is 16.5 Å². The molecule has 3 N–H and O–H groups in total. The van der Waals surface area contributed by atoms with Crippen LogP contribution in [0.2, 0.25) is 5.02 Å². The molecule has 2 aromatic carbocycles. The van der Waals surface area contributed by atoms with Crippen LogP contribution in [-0.4, -0.2) is 10.2 Å². The Morgan fingerprint density at radius 2 is 1.84 bits per heavy atom. The van der Waals surface area contributed by atoms with Crippen LogP contribution in [0.4, 0.5) is 0 Å². The van der Waals surface area contributed by atoms with Gasteiger partial charge in [-0.2, -0.15) is 5.26 Å². The minimum Gasteiger partial charge on any atom is -0.420 e. The Kier molecular flexibility index (Phi) is 3.68. The molecule has 25 heavy (non-hydrogen) atoms. The van der Waals surface area contributed by atoms with Crippen LogP contribution in [0.3, 0.4) is 0 Å². The lowest BCUT2D eigenvalue weighted by Gasteiger charge is -2.24. The molecule has 3 aromatic rings. The van der Waals surface area contributed by atoms with Gasteiger partial charge in [-0.05, 0) is 11.6 Å². The number of rotatable bonds is 2. The fourth-order valence-corrected chi connectivity index (χ4v) is 3.32. The molecule has 0 saturated carbocycles. The molecule has 1 atom stereocenters. The molecule has 1 aliphatic heterocycles. The Bertz CT molecular complexity index is 1020. The second kappa shape index (κ2) is 6.00. The first-order chi connectivity index (χ1) is 12.2. The number of aromatic amines is 1. The first kappa shape index (κ1) is 15.3. The number of aromatic nitrogens is 2. The van der Waals surface area contributed by atoms with E-state index in [1.807, 2.05) is 48.5 Å². The van der Waals surface area contributed by atoms with Gasteiger partial charge in [-0.25, -0.2) is 0 Å². The van der Waals surface area contributed by atoms with Gasteiger partial charge in [0.2, 0.25) is 11.8 Å². The van der Waals surface area contributed by atoms with Gasteiger partial charge in [0.1, 0.15) is 11.6 Å². The van der Waals surface area contributed by atoms with Crippen molar-refractivity contribution in [3.05, 3.63) is 82.2 Å². The molecule has 5 nitrogen and oxygen atoms in total. The molecule has 6 heteroatoms. The van der Waals surface area contributed by atoms with Crippen molar-refractivity contribution in [3.8, 4) is 23.2 Å². The molecule has 0 spiro atoms. The summed E-state index contributed by atoms with van der Waals surface area (Å²) >= 11 is 6.36. The van der Waals surface area contributed by atoms with Crippen molar-refractivity contribution < 1.29 is 4.74 Å². The van der Waals surface area contributed by atoms with Gasteiger partial charge in [0.25, 0.3) is 0 Å². The van der Waals surface area contributed by atoms with E-state index >= 15 is 0 Å².